The van der Waals surface area contributed by atoms with E-state index in [0.717, 1.165) is 12.8 Å². The monoisotopic (exact) mass is 415 g/mol. The van der Waals surface area contributed by atoms with E-state index in [1.807, 2.05) is 18.7 Å². The van der Waals surface area contributed by atoms with Crippen LogP contribution in [0.1, 0.15) is 59.8 Å². The minimum absolute atomic E-state index is 0.0439. The number of hydrogen-bond acceptors (Lipinski definition) is 5. The van der Waals surface area contributed by atoms with Gasteiger partial charge in [-0.15, -0.1) is 0 Å². The maximum Gasteiger partial charge on any atom is 0.325 e. The lowest BCUT2D eigenvalue weighted by atomic mass is 9.95. The molecule has 8 heteroatoms. The zero-order chi connectivity index (χ0) is 22.1. The van der Waals surface area contributed by atoms with Crippen molar-refractivity contribution in [2.45, 2.75) is 78.2 Å². The maximum atomic E-state index is 13.9. The van der Waals surface area contributed by atoms with Crippen LogP contribution in [0.15, 0.2) is 0 Å². The zero-order valence-corrected chi connectivity index (χ0v) is 18.7. The summed E-state index contributed by atoms with van der Waals surface area (Å²) in [6.45, 7) is 8.29. The average molecular weight is 416 g/mol. The number of amides is 2. The second kappa shape index (κ2) is 12.1. The smallest absolute Gasteiger partial charge is 0.325 e. The van der Waals surface area contributed by atoms with Crippen molar-refractivity contribution in [3.05, 3.63) is 0 Å². The predicted octanol–water partition coefficient (Wildman–Crippen LogP) is 2.34. The van der Waals surface area contributed by atoms with Crippen LogP contribution >= 0.6 is 0 Å². The van der Waals surface area contributed by atoms with Crippen LogP contribution in [0.25, 0.3) is 0 Å². The molecule has 0 bridgehead atoms. The molecule has 0 aromatic rings. The third-order valence-corrected chi connectivity index (χ3v) is 5.49. The van der Waals surface area contributed by atoms with Gasteiger partial charge < -0.3 is 15.0 Å². The van der Waals surface area contributed by atoms with E-state index in [1.165, 1.54) is 11.8 Å². The van der Waals surface area contributed by atoms with Crippen LogP contribution in [-0.4, -0.2) is 73.2 Å². The van der Waals surface area contributed by atoms with E-state index in [4.69, 9.17) is 4.74 Å². The molecular formula is C21H38FN3O4. The first-order chi connectivity index (χ1) is 13.6. The molecule has 3 unspecified atom stereocenters. The molecule has 0 saturated carbocycles. The second-order valence-corrected chi connectivity index (χ2v) is 8.31. The number of ether oxygens (including phenoxy) is 1. The summed E-state index contributed by atoms with van der Waals surface area (Å²) < 4.78 is 18.9. The lowest BCUT2D eigenvalue weighted by Crippen LogP contribution is -2.46. The molecule has 1 fully saturated rings. The Kier molecular flexibility index (Phi) is 10.6. The Morgan fingerprint density at radius 1 is 1.21 bits per heavy atom. The number of carbonyl (C=O) groups is 3. The number of carbonyl (C=O) groups excluding carboxylic acids is 3. The van der Waals surface area contributed by atoms with Crippen molar-refractivity contribution in [1.82, 2.24) is 15.1 Å². The topological polar surface area (TPSA) is 79.0 Å². The van der Waals surface area contributed by atoms with Gasteiger partial charge in [-0.05, 0) is 32.1 Å². The lowest BCUT2D eigenvalue weighted by Gasteiger charge is -2.31. The van der Waals surface area contributed by atoms with E-state index in [0.29, 0.717) is 25.9 Å². The summed E-state index contributed by atoms with van der Waals surface area (Å²) in [5, 5.41) is 2.93. The zero-order valence-electron chi connectivity index (χ0n) is 18.7. The average Bonchev–Trinajstić information content (AvgIpc) is 3.04. The highest BCUT2D eigenvalue weighted by molar-refractivity contribution is 5.82. The van der Waals surface area contributed by atoms with Gasteiger partial charge in [0.2, 0.25) is 18.2 Å². The molecule has 0 aromatic carbocycles. The van der Waals surface area contributed by atoms with Crippen molar-refractivity contribution >= 4 is 17.8 Å². The molecule has 0 aromatic heterocycles. The SMILES string of the molecule is CCCC(F)OC(=O)[C@H]1C[C@@H](C(=O)N(C)C)CN1CC(CCC)C(C)NC(C)=O. The fraction of sp³-hybridized carbons (Fsp3) is 0.857. The molecular weight excluding hydrogens is 377 g/mol. The summed E-state index contributed by atoms with van der Waals surface area (Å²) in [7, 11) is 3.38. The molecule has 1 heterocycles. The van der Waals surface area contributed by atoms with E-state index in [9.17, 15) is 18.8 Å². The minimum atomic E-state index is -1.62. The van der Waals surface area contributed by atoms with Crippen LogP contribution in [0.2, 0.25) is 0 Å². The number of nitrogens with zero attached hydrogens (tertiary/aromatic N) is 2. The van der Waals surface area contributed by atoms with Gasteiger partial charge in [-0.3, -0.25) is 19.3 Å². The molecule has 7 nitrogen and oxygen atoms in total. The summed E-state index contributed by atoms with van der Waals surface area (Å²) >= 11 is 0. The first kappa shape index (κ1) is 25.3. The molecule has 0 spiro atoms. The van der Waals surface area contributed by atoms with E-state index in [2.05, 4.69) is 12.2 Å². The van der Waals surface area contributed by atoms with Gasteiger partial charge in [-0.2, -0.15) is 0 Å². The highest BCUT2D eigenvalue weighted by atomic mass is 19.1. The molecule has 5 atom stereocenters. The molecule has 1 rings (SSSR count). The Morgan fingerprint density at radius 2 is 1.83 bits per heavy atom. The predicted molar refractivity (Wildman–Crippen MR) is 110 cm³/mol. The number of hydrogen-bond donors (Lipinski definition) is 1. The minimum Gasteiger partial charge on any atom is -0.430 e. The summed E-state index contributed by atoms with van der Waals surface area (Å²) in [4.78, 5) is 40.1. The van der Waals surface area contributed by atoms with Crippen LogP contribution in [0.5, 0.6) is 0 Å². The summed E-state index contributed by atoms with van der Waals surface area (Å²) in [5.74, 6) is -0.967. The van der Waals surface area contributed by atoms with Gasteiger partial charge in [0.25, 0.3) is 0 Å². The fourth-order valence-electron chi connectivity index (χ4n) is 3.99. The molecule has 1 saturated heterocycles. The molecule has 1 aliphatic rings. The van der Waals surface area contributed by atoms with Crippen LogP contribution in [0.4, 0.5) is 4.39 Å². The number of rotatable bonds is 11. The largest absolute Gasteiger partial charge is 0.430 e. The fourth-order valence-corrected chi connectivity index (χ4v) is 3.99. The quantitative estimate of drug-likeness (QED) is 0.524. The molecule has 1 N–H and O–H groups in total. The normalized spacial score (nSPS) is 22.6. The van der Waals surface area contributed by atoms with Crippen molar-refractivity contribution in [3.8, 4) is 0 Å². The second-order valence-electron chi connectivity index (χ2n) is 8.31. The standard InChI is InChI=1S/C21H38FN3O4/c1-7-9-16(14(3)23-15(4)26)12-25-13-17(20(27)24(5)6)11-18(25)21(28)29-19(22)10-8-2/h14,16-19H,7-13H2,1-6H3,(H,23,26)/t14?,16?,17-,18-,19?/m1/s1. The van der Waals surface area contributed by atoms with Gasteiger partial charge in [0.05, 0.1) is 5.92 Å². The van der Waals surface area contributed by atoms with Crippen LogP contribution in [-0.2, 0) is 19.1 Å². The van der Waals surface area contributed by atoms with Crippen molar-refractivity contribution in [2.24, 2.45) is 11.8 Å². The third-order valence-electron chi connectivity index (χ3n) is 5.49. The van der Waals surface area contributed by atoms with Crippen molar-refractivity contribution in [3.63, 3.8) is 0 Å². The summed E-state index contributed by atoms with van der Waals surface area (Å²) in [6, 6.07) is -0.718. The number of alkyl halides is 1. The Balaban J connectivity index is 2.97. The lowest BCUT2D eigenvalue weighted by molar-refractivity contribution is -0.164. The van der Waals surface area contributed by atoms with Crippen molar-refractivity contribution < 1.29 is 23.5 Å². The highest BCUT2D eigenvalue weighted by Gasteiger charge is 2.43. The van der Waals surface area contributed by atoms with E-state index in [-0.39, 0.29) is 36.1 Å². The van der Waals surface area contributed by atoms with Gasteiger partial charge in [0, 0.05) is 46.6 Å². The van der Waals surface area contributed by atoms with Gasteiger partial charge >= 0.3 is 5.97 Å². The van der Waals surface area contributed by atoms with Gasteiger partial charge in [0.15, 0.2) is 0 Å². The highest BCUT2D eigenvalue weighted by Crippen LogP contribution is 2.29. The third kappa shape index (κ3) is 7.91. The number of halogens is 1. The van der Waals surface area contributed by atoms with Crippen LogP contribution in [0, 0.1) is 11.8 Å². The van der Waals surface area contributed by atoms with E-state index < -0.39 is 18.4 Å². The Labute approximate surface area is 174 Å². The molecule has 1 aliphatic heterocycles. The first-order valence-electron chi connectivity index (χ1n) is 10.7. The van der Waals surface area contributed by atoms with Crippen molar-refractivity contribution in [2.75, 3.05) is 27.2 Å². The van der Waals surface area contributed by atoms with Gasteiger partial charge in [-0.1, -0.05) is 20.3 Å². The Hall–Kier alpha value is -1.70. The molecule has 29 heavy (non-hydrogen) atoms. The van der Waals surface area contributed by atoms with Crippen molar-refractivity contribution in [1.29, 1.82) is 0 Å². The first-order valence-corrected chi connectivity index (χ1v) is 10.7. The number of likely N-dealkylation sites (tertiary alicyclic amines) is 1. The number of nitrogens with one attached hydrogen (secondary N) is 1. The summed E-state index contributed by atoms with van der Waals surface area (Å²) in [5.41, 5.74) is 0. The summed E-state index contributed by atoms with van der Waals surface area (Å²) in [6.07, 6.45) is 1.24. The van der Waals surface area contributed by atoms with Crippen LogP contribution < -0.4 is 5.32 Å². The molecule has 168 valence electrons. The maximum absolute atomic E-state index is 13.9. The van der Waals surface area contributed by atoms with Gasteiger partial charge in [-0.25, -0.2) is 4.39 Å². The van der Waals surface area contributed by atoms with Crippen LogP contribution in [0.3, 0.4) is 0 Å². The molecule has 0 radical (unpaired) electrons. The van der Waals surface area contributed by atoms with Gasteiger partial charge in [0.1, 0.15) is 6.04 Å². The van der Waals surface area contributed by atoms with E-state index >= 15 is 0 Å². The molecule has 0 aliphatic carbocycles. The Morgan fingerprint density at radius 3 is 2.34 bits per heavy atom. The number of esters is 1. The van der Waals surface area contributed by atoms with E-state index in [1.54, 1.807) is 14.1 Å². The molecule has 2 amide bonds. The Bertz CT molecular complexity index is 558.